The topological polar surface area (TPSA) is 203 Å². The second-order valence-electron chi connectivity index (χ2n) is 16.6. The molecule has 0 radical (unpaired) electrons. The van der Waals surface area contributed by atoms with E-state index in [0.717, 1.165) is 49.0 Å². The van der Waals surface area contributed by atoms with Crippen LogP contribution in [0.1, 0.15) is 99.1 Å². The van der Waals surface area contributed by atoms with Crippen LogP contribution in [0.3, 0.4) is 0 Å². The SMILES string of the molecule is C=C1CCC(N2C(=O)c3cccc(OCC(=O)NCCCCCCCCNC(=O)c4ccc(Nc5ncc6c(n5)-c5ccc(Cl)cc5C(c5c(F)cccc5OC)=NC6)cc4OC)c3C2=O)C(=O)N1. The minimum Gasteiger partial charge on any atom is -0.496 e. The molecule has 16 nitrogen and oxygen atoms in total. The van der Waals surface area contributed by atoms with E-state index in [2.05, 4.69) is 32.8 Å². The van der Waals surface area contributed by atoms with Crippen LogP contribution >= 0.6 is 11.6 Å². The molecule has 8 rings (SSSR count). The highest BCUT2D eigenvalue weighted by atomic mass is 35.5. The number of aliphatic imine (C=N–C) groups is 1. The molecule has 3 aliphatic heterocycles. The summed E-state index contributed by atoms with van der Waals surface area (Å²) in [6, 6.07) is 18.7. The molecular formula is C51H50ClFN8O8. The summed E-state index contributed by atoms with van der Waals surface area (Å²) in [6.45, 7) is 4.53. The summed E-state index contributed by atoms with van der Waals surface area (Å²) in [6.07, 6.45) is 7.65. The lowest BCUT2D eigenvalue weighted by Gasteiger charge is -2.29. The van der Waals surface area contributed by atoms with Crippen LogP contribution in [0.15, 0.2) is 96.3 Å². The molecule has 1 aromatic heterocycles. The molecule has 1 fully saturated rings. The van der Waals surface area contributed by atoms with Crippen molar-refractivity contribution < 1.29 is 42.6 Å². The Morgan fingerprint density at radius 3 is 2.35 bits per heavy atom. The Morgan fingerprint density at radius 1 is 0.841 bits per heavy atom. The smallest absolute Gasteiger partial charge is 0.266 e. The van der Waals surface area contributed by atoms with E-state index in [9.17, 15) is 24.0 Å². The quantitative estimate of drug-likeness (QED) is 0.0467. The van der Waals surface area contributed by atoms with Crippen molar-refractivity contribution in [3.05, 3.63) is 135 Å². The number of benzene rings is 4. The number of halogens is 2. The molecule has 3 aliphatic rings. The number of fused-ring (bicyclic) bond motifs is 4. The Balaban J connectivity index is 0.753. The summed E-state index contributed by atoms with van der Waals surface area (Å²) < 4.78 is 32.1. The maximum Gasteiger partial charge on any atom is 0.266 e. The monoisotopic (exact) mass is 956 g/mol. The predicted molar refractivity (Wildman–Crippen MR) is 257 cm³/mol. The van der Waals surface area contributed by atoms with Crippen molar-refractivity contribution in [2.75, 3.05) is 39.2 Å². The molecular weight excluding hydrogens is 907 g/mol. The van der Waals surface area contributed by atoms with Crippen LogP contribution in [0.4, 0.5) is 16.0 Å². The van der Waals surface area contributed by atoms with Crippen LogP contribution in [0.5, 0.6) is 17.2 Å². The van der Waals surface area contributed by atoms with Gasteiger partial charge < -0.3 is 35.5 Å². The van der Waals surface area contributed by atoms with Gasteiger partial charge in [-0.25, -0.2) is 14.4 Å². The average Bonchev–Trinajstić information content (AvgIpc) is 3.49. The normalized spacial score (nSPS) is 15.0. The van der Waals surface area contributed by atoms with Gasteiger partial charge in [0.2, 0.25) is 11.9 Å². The second-order valence-corrected chi connectivity index (χ2v) is 17.0. The first-order valence-electron chi connectivity index (χ1n) is 22.6. The number of anilines is 2. The molecule has 69 heavy (non-hydrogen) atoms. The number of imide groups is 1. The lowest BCUT2D eigenvalue weighted by Crippen LogP contribution is -2.51. The number of carbonyl (C=O) groups is 5. The molecule has 1 saturated heterocycles. The molecule has 1 unspecified atom stereocenters. The summed E-state index contributed by atoms with van der Waals surface area (Å²) in [5, 5.41) is 12.1. The second kappa shape index (κ2) is 21.5. The molecule has 356 valence electrons. The summed E-state index contributed by atoms with van der Waals surface area (Å²) >= 11 is 6.46. The van der Waals surface area contributed by atoms with Crippen molar-refractivity contribution in [2.24, 2.45) is 4.99 Å². The first-order chi connectivity index (χ1) is 33.4. The van der Waals surface area contributed by atoms with E-state index in [4.69, 9.17) is 35.8 Å². The van der Waals surface area contributed by atoms with E-state index < -0.39 is 29.6 Å². The third-order valence-corrected chi connectivity index (χ3v) is 12.2. The maximum atomic E-state index is 15.3. The van der Waals surface area contributed by atoms with Gasteiger partial charge in [0, 0.05) is 58.5 Å². The largest absolute Gasteiger partial charge is 0.496 e. The number of hydrogen-bond acceptors (Lipinski definition) is 12. The van der Waals surface area contributed by atoms with E-state index >= 15 is 4.39 Å². The molecule has 0 aliphatic carbocycles. The summed E-state index contributed by atoms with van der Waals surface area (Å²) in [5.74, 6) is -1.68. The molecule has 4 N–H and O–H groups in total. The molecule has 5 aromatic rings. The summed E-state index contributed by atoms with van der Waals surface area (Å²) in [5.41, 5.74) is 4.91. The Morgan fingerprint density at radius 2 is 1.58 bits per heavy atom. The van der Waals surface area contributed by atoms with E-state index in [1.165, 1.54) is 32.4 Å². The Hall–Kier alpha value is -7.66. The van der Waals surface area contributed by atoms with Crippen molar-refractivity contribution in [2.45, 2.75) is 64.0 Å². The standard InChI is InChI=1S/C51H50ClFN8O8/c1-29-16-21-38(48(64)58-29)61-49(65)35-12-10-15-40(43(35)50(61)66)69-28-42(62)54-22-8-6-4-5-7-9-23-55-47(63)34-20-18-32(25-41(34)68-3)59-51-57-27-30-26-56-46(44-37(53)13-11-14-39(44)67-2)36-24-31(52)17-19-33(36)45(30)60-51/h10-15,17-20,24-25,27,38H,1,4-9,16,21-23,26,28H2,2-3H3,(H,54,62)(H,55,63)(H,58,64)(H,57,59,60). The Kier molecular flexibility index (Phi) is 14.9. The van der Waals surface area contributed by atoms with Gasteiger partial charge in [-0.2, -0.15) is 0 Å². The highest BCUT2D eigenvalue weighted by molar-refractivity contribution is 6.32. The van der Waals surface area contributed by atoms with Crippen molar-refractivity contribution in [1.82, 2.24) is 30.8 Å². The molecule has 0 bridgehead atoms. The number of rotatable bonds is 19. The number of piperidine rings is 1. The molecule has 5 amide bonds. The number of ether oxygens (including phenoxy) is 3. The van der Waals surface area contributed by atoms with E-state index in [0.29, 0.717) is 75.5 Å². The third-order valence-electron chi connectivity index (χ3n) is 12.0. The number of allylic oxidation sites excluding steroid dienone is 1. The first-order valence-corrected chi connectivity index (χ1v) is 23.0. The van der Waals surface area contributed by atoms with Crippen molar-refractivity contribution in [1.29, 1.82) is 0 Å². The van der Waals surface area contributed by atoms with Crippen LogP contribution in [-0.2, 0) is 16.1 Å². The molecule has 18 heteroatoms. The fourth-order valence-electron chi connectivity index (χ4n) is 8.55. The zero-order valence-corrected chi connectivity index (χ0v) is 38.8. The van der Waals surface area contributed by atoms with E-state index in [1.807, 2.05) is 6.07 Å². The lowest BCUT2D eigenvalue weighted by atomic mass is 9.94. The van der Waals surface area contributed by atoms with Crippen molar-refractivity contribution in [3.8, 4) is 28.5 Å². The Bertz CT molecular complexity index is 2890. The number of nitrogens with zero attached hydrogens (tertiary/aromatic N) is 4. The van der Waals surface area contributed by atoms with E-state index in [-0.39, 0.29) is 59.8 Å². The highest BCUT2D eigenvalue weighted by Gasteiger charge is 2.45. The fraction of sp³-hybridized carbons (Fsp3) is 0.294. The summed E-state index contributed by atoms with van der Waals surface area (Å²) in [4.78, 5) is 79.9. The van der Waals surface area contributed by atoms with Gasteiger partial charge in [0.1, 0.15) is 29.1 Å². The fourth-order valence-corrected chi connectivity index (χ4v) is 8.72. The van der Waals surface area contributed by atoms with Gasteiger partial charge in [-0.05, 0) is 74.2 Å². The molecule has 1 atom stereocenters. The molecule has 4 aromatic carbocycles. The number of methoxy groups -OCH3 is 2. The first kappa shape index (κ1) is 47.8. The average molecular weight is 957 g/mol. The predicted octanol–water partition coefficient (Wildman–Crippen LogP) is 7.70. The number of hydrogen-bond donors (Lipinski definition) is 4. The maximum absolute atomic E-state index is 15.3. The lowest BCUT2D eigenvalue weighted by molar-refractivity contribution is -0.125. The van der Waals surface area contributed by atoms with Crippen LogP contribution in [0.25, 0.3) is 11.3 Å². The minimum atomic E-state index is -0.946. The molecule has 0 saturated carbocycles. The highest BCUT2D eigenvalue weighted by Crippen LogP contribution is 2.37. The van der Waals surface area contributed by atoms with Gasteiger partial charge in [0.25, 0.3) is 23.6 Å². The number of amides is 5. The number of unbranched alkanes of at least 4 members (excludes halogenated alkanes) is 5. The van der Waals surface area contributed by atoms with Gasteiger partial charge in [0.15, 0.2) is 6.61 Å². The molecule has 0 spiro atoms. The van der Waals surface area contributed by atoms with Gasteiger partial charge in [-0.3, -0.25) is 33.9 Å². The van der Waals surface area contributed by atoms with Crippen LogP contribution in [-0.4, -0.2) is 90.1 Å². The zero-order valence-electron chi connectivity index (χ0n) is 38.1. The van der Waals surface area contributed by atoms with Gasteiger partial charge in [-0.1, -0.05) is 62.1 Å². The van der Waals surface area contributed by atoms with Crippen molar-refractivity contribution in [3.63, 3.8) is 0 Å². The Labute approximate surface area is 402 Å². The third kappa shape index (κ3) is 10.6. The zero-order chi connectivity index (χ0) is 48.6. The van der Waals surface area contributed by atoms with Crippen molar-refractivity contribution >= 4 is 58.5 Å². The minimum absolute atomic E-state index is 0.0435. The van der Waals surface area contributed by atoms with Gasteiger partial charge in [0.05, 0.1) is 54.4 Å². The number of nitrogens with one attached hydrogen (secondary N) is 4. The van der Waals surface area contributed by atoms with Gasteiger partial charge in [-0.15, -0.1) is 0 Å². The number of carbonyl (C=O) groups excluding carboxylic acids is 5. The van der Waals surface area contributed by atoms with E-state index in [1.54, 1.807) is 54.7 Å². The number of aromatic nitrogens is 2. The van der Waals surface area contributed by atoms with Crippen LogP contribution < -0.4 is 35.5 Å². The van der Waals surface area contributed by atoms with Crippen LogP contribution in [0.2, 0.25) is 5.02 Å². The van der Waals surface area contributed by atoms with Crippen LogP contribution in [0, 0.1) is 5.82 Å². The van der Waals surface area contributed by atoms with Gasteiger partial charge >= 0.3 is 0 Å². The molecule has 4 heterocycles. The summed E-state index contributed by atoms with van der Waals surface area (Å²) in [7, 11) is 2.97.